The fourth-order valence-electron chi connectivity index (χ4n) is 3.92. The quantitative estimate of drug-likeness (QED) is 0.379. The lowest BCUT2D eigenvalue weighted by atomic mass is 10.0. The number of rotatable bonds is 8. The summed E-state index contributed by atoms with van der Waals surface area (Å²) in [5.74, 6) is -2.06. The number of carbonyl (C=O) groups excluding carboxylic acids is 4. The molecular formula is C22H21F3N6O4. The van der Waals surface area contributed by atoms with Crippen molar-refractivity contribution in [1.82, 2.24) is 20.2 Å². The second-order valence-corrected chi connectivity index (χ2v) is 8.02. The number of carbonyl (C=O) groups is 4. The Morgan fingerprint density at radius 2 is 1.74 bits per heavy atom. The van der Waals surface area contributed by atoms with E-state index < -0.39 is 41.5 Å². The van der Waals surface area contributed by atoms with Crippen LogP contribution in [0.2, 0.25) is 0 Å². The number of halogens is 3. The smallest absolute Gasteiger partial charge is 0.384 e. The third-order valence-corrected chi connectivity index (χ3v) is 5.64. The number of imide groups is 2. The number of nitrogens with one attached hydrogen (secondary N) is 3. The molecule has 1 unspecified atom stereocenters. The first-order valence-corrected chi connectivity index (χ1v) is 10.9. The maximum Gasteiger partial charge on any atom is 0.434 e. The molecule has 1 aromatic heterocycles. The summed E-state index contributed by atoms with van der Waals surface area (Å²) in [6.45, 7) is 0.895. The first-order chi connectivity index (χ1) is 16.7. The van der Waals surface area contributed by atoms with Crippen molar-refractivity contribution in [3.63, 3.8) is 0 Å². The van der Waals surface area contributed by atoms with Crippen LogP contribution in [-0.4, -0.2) is 57.6 Å². The molecule has 2 aromatic rings. The maximum absolute atomic E-state index is 13.0. The molecule has 35 heavy (non-hydrogen) atoms. The van der Waals surface area contributed by atoms with E-state index in [-0.39, 0.29) is 29.8 Å². The predicted octanol–water partition coefficient (Wildman–Crippen LogP) is 2.20. The Morgan fingerprint density at radius 3 is 2.40 bits per heavy atom. The van der Waals surface area contributed by atoms with Gasteiger partial charge in [0.2, 0.25) is 11.8 Å². The molecule has 2 aliphatic heterocycles. The van der Waals surface area contributed by atoms with Crippen molar-refractivity contribution in [2.45, 2.75) is 37.9 Å². The summed E-state index contributed by atoms with van der Waals surface area (Å²) in [7, 11) is 0. The number of unbranched alkanes of at least 4 members (excludes halogenated alkanes) is 1. The zero-order valence-corrected chi connectivity index (χ0v) is 18.3. The highest BCUT2D eigenvalue weighted by atomic mass is 19.4. The number of fused-ring (bicyclic) bond motifs is 1. The monoisotopic (exact) mass is 490 g/mol. The summed E-state index contributed by atoms with van der Waals surface area (Å²) in [5, 5.41) is 8.18. The molecule has 0 saturated carbocycles. The minimum Gasteiger partial charge on any atom is -0.384 e. The normalized spacial score (nSPS) is 17.9. The van der Waals surface area contributed by atoms with Gasteiger partial charge in [-0.25, -0.2) is 9.97 Å². The highest BCUT2D eigenvalue weighted by Gasteiger charge is 2.45. The molecule has 2 aliphatic rings. The minimum atomic E-state index is -4.54. The number of piperidine rings is 1. The van der Waals surface area contributed by atoms with Crippen molar-refractivity contribution >= 4 is 35.1 Å². The fraction of sp³-hybridized carbons (Fsp3) is 0.364. The Morgan fingerprint density at radius 1 is 1.00 bits per heavy atom. The van der Waals surface area contributed by atoms with Gasteiger partial charge in [0.05, 0.1) is 23.5 Å². The number of hydrogen-bond acceptors (Lipinski definition) is 8. The van der Waals surface area contributed by atoms with Crippen LogP contribution in [0.25, 0.3) is 0 Å². The van der Waals surface area contributed by atoms with Gasteiger partial charge in [-0.1, -0.05) is 6.07 Å². The van der Waals surface area contributed by atoms with Gasteiger partial charge in [0.25, 0.3) is 11.8 Å². The van der Waals surface area contributed by atoms with E-state index in [1.54, 1.807) is 12.1 Å². The van der Waals surface area contributed by atoms with Gasteiger partial charge in [-0.05, 0) is 31.4 Å². The van der Waals surface area contributed by atoms with Crippen LogP contribution < -0.4 is 16.0 Å². The summed E-state index contributed by atoms with van der Waals surface area (Å²) in [4.78, 5) is 57.4. The van der Waals surface area contributed by atoms with Crippen molar-refractivity contribution in [2.24, 2.45) is 0 Å². The molecule has 0 aliphatic carbocycles. The van der Waals surface area contributed by atoms with E-state index in [1.807, 2.05) is 0 Å². The third-order valence-electron chi connectivity index (χ3n) is 5.64. The van der Waals surface area contributed by atoms with Crippen molar-refractivity contribution in [1.29, 1.82) is 0 Å². The number of aromatic nitrogens is 2. The molecule has 1 aromatic carbocycles. The van der Waals surface area contributed by atoms with Crippen LogP contribution in [0.4, 0.5) is 24.7 Å². The number of nitrogens with zero attached hydrogens (tertiary/aromatic N) is 3. The lowest BCUT2D eigenvalue weighted by Crippen LogP contribution is -2.54. The molecule has 0 radical (unpaired) electrons. The summed E-state index contributed by atoms with van der Waals surface area (Å²) in [6.07, 6.45) is -1.46. The second-order valence-electron chi connectivity index (χ2n) is 8.02. The van der Waals surface area contributed by atoms with Gasteiger partial charge in [0.1, 0.15) is 11.9 Å². The first-order valence-electron chi connectivity index (χ1n) is 10.9. The van der Waals surface area contributed by atoms with Crippen molar-refractivity contribution in [3.05, 3.63) is 47.4 Å². The van der Waals surface area contributed by atoms with Crippen LogP contribution >= 0.6 is 0 Å². The highest BCUT2D eigenvalue weighted by molar-refractivity contribution is 6.25. The number of amides is 4. The largest absolute Gasteiger partial charge is 0.434 e. The summed E-state index contributed by atoms with van der Waals surface area (Å²) in [5.41, 5.74) is -0.239. The Hall–Kier alpha value is -4.03. The number of anilines is 2. The lowest BCUT2D eigenvalue weighted by Gasteiger charge is -2.27. The molecule has 184 valence electrons. The topological polar surface area (TPSA) is 133 Å². The van der Waals surface area contributed by atoms with E-state index in [0.29, 0.717) is 37.8 Å². The van der Waals surface area contributed by atoms with E-state index in [9.17, 15) is 32.3 Å². The molecule has 3 heterocycles. The van der Waals surface area contributed by atoms with E-state index in [1.165, 1.54) is 6.07 Å². The SMILES string of the molecule is O=C1CCC(N2C(=O)c3cccc(NCCCCNc4cnc(C(F)(F)F)cn4)c3C2=O)C(=O)N1. The average Bonchev–Trinajstić information content (AvgIpc) is 3.07. The van der Waals surface area contributed by atoms with Crippen LogP contribution in [0.5, 0.6) is 0 Å². The van der Waals surface area contributed by atoms with Crippen LogP contribution in [0.15, 0.2) is 30.6 Å². The van der Waals surface area contributed by atoms with Crippen molar-refractivity contribution in [3.8, 4) is 0 Å². The molecule has 0 bridgehead atoms. The first kappa shape index (κ1) is 24.1. The minimum absolute atomic E-state index is 0.0427. The molecule has 1 fully saturated rings. The van der Waals surface area contributed by atoms with Crippen molar-refractivity contribution in [2.75, 3.05) is 23.7 Å². The molecule has 4 rings (SSSR count). The van der Waals surface area contributed by atoms with Crippen LogP contribution in [0.1, 0.15) is 52.1 Å². The number of benzene rings is 1. The Kier molecular flexibility index (Phi) is 6.67. The molecule has 0 spiro atoms. The van der Waals surface area contributed by atoms with E-state index in [2.05, 4.69) is 25.9 Å². The maximum atomic E-state index is 13.0. The van der Waals surface area contributed by atoms with Gasteiger partial charge < -0.3 is 10.6 Å². The van der Waals surface area contributed by atoms with Crippen LogP contribution in [0.3, 0.4) is 0 Å². The average molecular weight is 490 g/mol. The Labute approximate surface area is 197 Å². The van der Waals surface area contributed by atoms with Gasteiger partial charge in [-0.15, -0.1) is 0 Å². The number of hydrogen-bond donors (Lipinski definition) is 3. The van der Waals surface area contributed by atoms with E-state index in [4.69, 9.17) is 0 Å². The molecule has 4 amide bonds. The van der Waals surface area contributed by atoms with Gasteiger partial charge in [-0.2, -0.15) is 13.2 Å². The standard InChI is InChI=1S/C22H21F3N6O4/c23-22(24,25)15-10-29-16(11-28-15)27-9-2-1-8-26-13-5-3-4-12-18(13)21(35)31(20(12)34)14-6-7-17(32)30-19(14)33/h3-5,10-11,14,26H,1-2,6-9H2,(H,27,29)(H,30,32,33). The molecule has 13 heteroatoms. The zero-order valence-electron chi connectivity index (χ0n) is 18.3. The van der Waals surface area contributed by atoms with Gasteiger partial charge in [0.15, 0.2) is 5.69 Å². The van der Waals surface area contributed by atoms with Crippen LogP contribution in [-0.2, 0) is 15.8 Å². The Balaban J connectivity index is 1.30. The molecule has 1 saturated heterocycles. The number of alkyl halides is 3. The molecular weight excluding hydrogens is 469 g/mol. The van der Waals surface area contributed by atoms with Crippen molar-refractivity contribution < 1.29 is 32.3 Å². The second kappa shape index (κ2) is 9.68. The summed E-state index contributed by atoms with van der Waals surface area (Å²) < 4.78 is 37.6. The van der Waals surface area contributed by atoms with Crippen LogP contribution in [0, 0.1) is 0 Å². The lowest BCUT2D eigenvalue weighted by molar-refractivity contribution is -0.141. The summed E-state index contributed by atoms with van der Waals surface area (Å²) >= 11 is 0. The van der Waals surface area contributed by atoms with E-state index >= 15 is 0 Å². The summed E-state index contributed by atoms with van der Waals surface area (Å²) in [6, 6.07) is 3.77. The molecule has 1 atom stereocenters. The van der Waals surface area contributed by atoms with Gasteiger partial charge in [0, 0.05) is 25.2 Å². The van der Waals surface area contributed by atoms with E-state index in [0.717, 1.165) is 11.1 Å². The fourth-order valence-corrected chi connectivity index (χ4v) is 3.92. The molecule has 3 N–H and O–H groups in total. The van der Waals surface area contributed by atoms with Gasteiger partial charge >= 0.3 is 6.18 Å². The molecule has 10 nitrogen and oxygen atoms in total. The van der Waals surface area contributed by atoms with Gasteiger partial charge in [-0.3, -0.25) is 29.4 Å². The zero-order chi connectivity index (χ0) is 25.2. The third kappa shape index (κ3) is 5.08. The highest BCUT2D eigenvalue weighted by Crippen LogP contribution is 2.32. The Bertz CT molecular complexity index is 1170. The predicted molar refractivity (Wildman–Crippen MR) is 116 cm³/mol.